The molecule has 0 aromatic heterocycles. The standard InChI is InChI=1S/C25H32N2O4/c1-2-3-16-25(24(30)31)21-20(19(26-25)15-14-17-10-6-4-7-11-17)22(28)27(23(21)29)18-12-8-5-9-13-18/h4,6-7,10-11,14-15,18-21,26H,2-3,5,8-9,12-13,16H2,1H3,(H,30,31)/b15-14+. The van der Waals surface area contributed by atoms with Gasteiger partial charge in [0.1, 0.15) is 5.54 Å². The van der Waals surface area contributed by atoms with E-state index in [0.717, 1.165) is 44.1 Å². The van der Waals surface area contributed by atoms with Crippen LogP contribution in [0.4, 0.5) is 0 Å². The number of carboxylic acids is 1. The van der Waals surface area contributed by atoms with Crippen molar-refractivity contribution in [2.24, 2.45) is 11.8 Å². The maximum Gasteiger partial charge on any atom is 0.324 e. The second kappa shape index (κ2) is 8.95. The third-order valence-corrected chi connectivity index (χ3v) is 7.27. The molecule has 2 aliphatic heterocycles. The molecule has 4 unspecified atom stereocenters. The van der Waals surface area contributed by atoms with E-state index in [1.54, 1.807) is 0 Å². The molecule has 31 heavy (non-hydrogen) atoms. The van der Waals surface area contributed by atoms with Crippen LogP contribution in [0.1, 0.15) is 63.9 Å². The Kier molecular flexibility index (Phi) is 6.28. The largest absolute Gasteiger partial charge is 0.480 e. The van der Waals surface area contributed by atoms with Crippen molar-refractivity contribution in [3.05, 3.63) is 42.0 Å². The molecule has 0 bridgehead atoms. The molecular weight excluding hydrogens is 392 g/mol. The Morgan fingerprint density at radius 3 is 2.52 bits per heavy atom. The average molecular weight is 425 g/mol. The first-order valence-corrected chi connectivity index (χ1v) is 11.6. The molecule has 0 radical (unpaired) electrons. The SMILES string of the molecule is CCCCC1(C(=O)O)NC(/C=C/c2ccccc2)C2C(=O)N(C3CCCCC3)C(=O)C21. The summed E-state index contributed by atoms with van der Waals surface area (Å²) in [7, 11) is 0. The molecule has 6 heteroatoms. The molecule has 2 amide bonds. The van der Waals surface area contributed by atoms with E-state index in [1.807, 2.05) is 49.4 Å². The van der Waals surface area contributed by atoms with Crippen molar-refractivity contribution in [3.8, 4) is 0 Å². The van der Waals surface area contributed by atoms with E-state index < -0.39 is 29.4 Å². The molecule has 3 aliphatic rings. The van der Waals surface area contributed by atoms with E-state index >= 15 is 0 Å². The van der Waals surface area contributed by atoms with Gasteiger partial charge >= 0.3 is 5.97 Å². The van der Waals surface area contributed by atoms with Crippen LogP contribution in [0.25, 0.3) is 6.08 Å². The third kappa shape index (κ3) is 3.82. The molecular formula is C25H32N2O4. The fraction of sp³-hybridized carbons (Fsp3) is 0.560. The summed E-state index contributed by atoms with van der Waals surface area (Å²) in [5.41, 5.74) is -0.425. The van der Waals surface area contributed by atoms with Crippen LogP contribution < -0.4 is 5.32 Å². The lowest BCUT2D eigenvalue weighted by molar-refractivity contribution is -0.153. The number of fused-ring (bicyclic) bond motifs is 1. The monoisotopic (exact) mass is 424 g/mol. The van der Waals surface area contributed by atoms with Gasteiger partial charge in [0.05, 0.1) is 11.8 Å². The minimum atomic E-state index is -1.40. The highest BCUT2D eigenvalue weighted by Crippen LogP contribution is 2.47. The summed E-state index contributed by atoms with van der Waals surface area (Å²) in [6.07, 6.45) is 10.4. The van der Waals surface area contributed by atoms with Gasteiger partial charge in [0.15, 0.2) is 0 Å². The van der Waals surface area contributed by atoms with E-state index in [0.29, 0.717) is 12.8 Å². The number of nitrogens with one attached hydrogen (secondary N) is 1. The van der Waals surface area contributed by atoms with Gasteiger partial charge in [0.25, 0.3) is 0 Å². The lowest BCUT2D eigenvalue weighted by atomic mass is 9.77. The molecule has 1 aromatic rings. The van der Waals surface area contributed by atoms with Crippen molar-refractivity contribution < 1.29 is 19.5 Å². The highest BCUT2D eigenvalue weighted by atomic mass is 16.4. The van der Waals surface area contributed by atoms with Gasteiger partial charge in [0, 0.05) is 12.1 Å². The molecule has 2 saturated heterocycles. The Morgan fingerprint density at radius 1 is 1.16 bits per heavy atom. The summed E-state index contributed by atoms with van der Waals surface area (Å²) in [6.45, 7) is 2.00. The third-order valence-electron chi connectivity index (χ3n) is 7.27. The summed E-state index contributed by atoms with van der Waals surface area (Å²) in [5.74, 6) is -3.03. The van der Waals surface area contributed by atoms with Crippen molar-refractivity contribution >= 4 is 23.9 Å². The highest BCUT2D eigenvalue weighted by Gasteiger charge is 2.68. The molecule has 1 saturated carbocycles. The second-order valence-corrected chi connectivity index (χ2v) is 9.16. The minimum absolute atomic E-state index is 0.0872. The van der Waals surface area contributed by atoms with Crippen LogP contribution in [-0.2, 0) is 14.4 Å². The maximum absolute atomic E-state index is 13.6. The van der Waals surface area contributed by atoms with Gasteiger partial charge in [-0.15, -0.1) is 0 Å². The van der Waals surface area contributed by atoms with Gasteiger partial charge in [-0.1, -0.05) is 81.5 Å². The van der Waals surface area contributed by atoms with Crippen molar-refractivity contribution in [2.45, 2.75) is 75.9 Å². The van der Waals surface area contributed by atoms with Crippen LogP contribution in [0.15, 0.2) is 36.4 Å². The zero-order chi connectivity index (χ0) is 22.0. The van der Waals surface area contributed by atoms with Crippen molar-refractivity contribution in [3.63, 3.8) is 0 Å². The normalized spacial score (nSPS) is 31.5. The Bertz CT molecular complexity index is 862. The number of carbonyl (C=O) groups is 3. The molecule has 166 valence electrons. The second-order valence-electron chi connectivity index (χ2n) is 9.16. The Balaban J connectivity index is 1.71. The lowest BCUT2D eigenvalue weighted by Crippen LogP contribution is -2.57. The number of nitrogens with zero attached hydrogens (tertiary/aromatic N) is 1. The molecule has 6 nitrogen and oxygen atoms in total. The molecule has 0 spiro atoms. The van der Waals surface area contributed by atoms with Gasteiger partial charge in [-0.2, -0.15) is 0 Å². The van der Waals surface area contributed by atoms with Crippen molar-refractivity contribution in [1.82, 2.24) is 10.2 Å². The highest BCUT2D eigenvalue weighted by molar-refractivity contribution is 6.09. The number of amides is 2. The van der Waals surface area contributed by atoms with E-state index in [2.05, 4.69) is 5.32 Å². The fourth-order valence-corrected chi connectivity index (χ4v) is 5.70. The molecule has 3 fully saturated rings. The summed E-state index contributed by atoms with van der Waals surface area (Å²) >= 11 is 0. The first kappa shape index (κ1) is 21.8. The smallest absolute Gasteiger partial charge is 0.324 e. The van der Waals surface area contributed by atoms with Crippen LogP contribution in [-0.4, -0.2) is 45.4 Å². The number of unbranched alkanes of at least 4 members (excludes halogenated alkanes) is 1. The number of benzene rings is 1. The number of rotatable bonds is 7. The topological polar surface area (TPSA) is 86.7 Å². The number of likely N-dealkylation sites (tertiary alicyclic amines) is 1. The fourth-order valence-electron chi connectivity index (χ4n) is 5.70. The molecule has 2 N–H and O–H groups in total. The summed E-state index contributed by atoms with van der Waals surface area (Å²) in [6, 6.07) is 9.15. The van der Waals surface area contributed by atoms with Gasteiger partial charge < -0.3 is 5.11 Å². The number of carbonyl (C=O) groups excluding carboxylic acids is 2. The summed E-state index contributed by atoms with van der Waals surface area (Å²) < 4.78 is 0. The van der Waals surface area contributed by atoms with E-state index in [4.69, 9.17) is 0 Å². The lowest BCUT2D eigenvalue weighted by Gasteiger charge is -2.34. The van der Waals surface area contributed by atoms with Crippen molar-refractivity contribution in [1.29, 1.82) is 0 Å². The molecule has 1 aliphatic carbocycles. The van der Waals surface area contributed by atoms with Crippen LogP contribution in [0.2, 0.25) is 0 Å². The summed E-state index contributed by atoms with van der Waals surface area (Å²) in [5, 5.41) is 13.5. The average Bonchev–Trinajstić information content (AvgIpc) is 3.26. The molecule has 2 heterocycles. The number of hydrogen-bond donors (Lipinski definition) is 2. The number of imide groups is 1. The van der Waals surface area contributed by atoms with Gasteiger partial charge in [0.2, 0.25) is 11.8 Å². The molecule has 1 aromatic carbocycles. The predicted molar refractivity (Wildman–Crippen MR) is 118 cm³/mol. The van der Waals surface area contributed by atoms with Gasteiger partial charge in [-0.05, 0) is 24.8 Å². The zero-order valence-corrected chi connectivity index (χ0v) is 18.1. The Labute approximate surface area is 183 Å². The minimum Gasteiger partial charge on any atom is -0.480 e. The predicted octanol–water partition coefficient (Wildman–Crippen LogP) is 3.62. The maximum atomic E-state index is 13.6. The van der Waals surface area contributed by atoms with Crippen molar-refractivity contribution in [2.75, 3.05) is 0 Å². The quantitative estimate of drug-likeness (QED) is 0.653. The van der Waals surface area contributed by atoms with Crippen LogP contribution >= 0.6 is 0 Å². The first-order valence-electron chi connectivity index (χ1n) is 11.6. The Hall–Kier alpha value is -2.47. The van der Waals surface area contributed by atoms with Crippen LogP contribution in [0.5, 0.6) is 0 Å². The number of aliphatic carboxylic acids is 1. The van der Waals surface area contributed by atoms with Gasteiger partial charge in [-0.3, -0.25) is 24.6 Å². The first-order chi connectivity index (χ1) is 15.0. The Morgan fingerprint density at radius 2 is 1.87 bits per heavy atom. The van der Waals surface area contributed by atoms with Crippen LogP contribution in [0, 0.1) is 11.8 Å². The van der Waals surface area contributed by atoms with Crippen LogP contribution in [0.3, 0.4) is 0 Å². The number of carboxylic acid groups (broad SMARTS) is 1. The summed E-state index contributed by atoms with van der Waals surface area (Å²) in [4.78, 5) is 41.1. The zero-order valence-electron chi connectivity index (χ0n) is 18.1. The van der Waals surface area contributed by atoms with E-state index in [9.17, 15) is 19.5 Å². The van der Waals surface area contributed by atoms with Gasteiger partial charge in [-0.25, -0.2) is 0 Å². The molecule has 4 atom stereocenters. The molecule has 4 rings (SSSR count). The number of hydrogen-bond acceptors (Lipinski definition) is 4. The van der Waals surface area contributed by atoms with E-state index in [-0.39, 0.29) is 17.9 Å². The van der Waals surface area contributed by atoms with E-state index in [1.165, 1.54) is 4.90 Å².